The quantitative estimate of drug-likeness (QED) is 0.675. The van der Waals surface area contributed by atoms with Gasteiger partial charge in [0.1, 0.15) is 0 Å². The maximum atomic E-state index is 12.4. The van der Waals surface area contributed by atoms with Crippen LogP contribution < -0.4 is 0 Å². The van der Waals surface area contributed by atoms with Gasteiger partial charge in [-0.3, -0.25) is 4.98 Å². The molecule has 0 saturated carbocycles. The molecule has 1 aliphatic heterocycles. The summed E-state index contributed by atoms with van der Waals surface area (Å²) in [7, 11) is -3.18. The van der Waals surface area contributed by atoms with Crippen molar-refractivity contribution in [3.05, 3.63) is 48.7 Å². The third-order valence-electron chi connectivity index (χ3n) is 4.97. The number of sulfonamides is 1. The molecule has 0 amide bonds. The molecule has 1 aliphatic rings. The Bertz CT molecular complexity index is 1030. The minimum Gasteiger partial charge on any atom is -0.265 e. The summed E-state index contributed by atoms with van der Waals surface area (Å²) >= 11 is 0. The van der Waals surface area contributed by atoms with Crippen molar-refractivity contribution in [3.63, 3.8) is 0 Å². The van der Waals surface area contributed by atoms with Crippen LogP contribution in [0.25, 0.3) is 16.8 Å². The standard InChI is InChI=1S/C19H23N5O2S/c1-2-12-27(25,26)23-11-3-4-17(13-23)19-21-18-6-5-16(14-24(18)22-19)15-7-9-20-10-8-15/h5-10,14,17H,2-4,11-13H2,1H3. The zero-order chi connectivity index (χ0) is 18.9. The molecule has 1 saturated heterocycles. The Balaban J connectivity index is 1.60. The third kappa shape index (κ3) is 3.72. The highest BCUT2D eigenvalue weighted by Gasteiger charge is 2.31. The number of hydrogen-bond acceptors (Lipinski definition) is 5. The number of nitrogens with zero attached hydrogens (tertiary/aromatic N) is 5. The molecule has 0 aliphatic carbocycles. The van der Waals surface area contributed by atoms with Crippen LogP contribution in [0.3, 0.4) is 0 Å². The SMILES string of the molecule is CCCS(=O)(=O)N1CCCC(c2nc3ccc(-c4ccncc4)cn3n2)C1. The van der Waals surface area contributed by atoms with Gasteiger partial charge in [-0.15, -0.1) is 0 Å². The van der Waals surface area contributed by atoms with Gasteiger partial charge in [-0.1, -0.05) is 6.92 Å². The monoisotopic (exact) mass is 385 g/mol. The summed E-state index contributed by atoms with van der Waals surface area (Å²) in [5, 5.41) is 4.65. The summed E-state index contributed by atoms with van der Waals surface area (Å²) < 4.78 is 28.2. The fourth-order valence-corrected chi connectivity index (χ4v) is 5.17. The first-order valence-corrected chi connectivity index (χ1v) is 10.9. The highest BCUT2D eigenvalue weighted by molar-refractivity contribution is 7.89. The van der Waals surface area contributed by atoms with E-state index < -0.39 is 10.0 Å². The third-order valence-corrected chi connectivity index (χ3v) is 7.01. The van der Waals surface area contributed by atoms with Crippen LogP contribution in [0.15, 0.2) is 42.9 Å². The molecule has 4 rings (SSSR count). The van der Waals surface area contributed by atoms with E-state index in [2.05, 4.69) is 15.1 Å². The summed E-state index contributed by atoms with van der Waals surface area (Å²) in [6.07, 6.45) is 7.86. The van der Waals surface area contributed by atoms with Crippen molar-refractivity contribution < 1.29 is 8.42 Å². The molecular weight excluding hydrogens is 362 g/mol. The Hall–Kier alpha value is -2.32. The molecule has 0 bridgehead atoms. The number of pyridine rings is 2. The molecule has 7 nitrogen and oxygen atoms in total. The van der Waals surface area contributed by atoms with Crippen LogP contribution >= 0.6 is 0 Å². The number of fused-ring (bicyclic) bond motifs is 1. The van der Waals surface area contributed by atoms with Gasteiger partial charge in [0, 0.05) is 43.2 Å². The molecule has 0 aromatic carbocycles. The van der Waals surface area contributed by atoms with Crippen LogP contribution in [0, 0.1) is 0 Å². The van der Waals surface area contributed by atoms with Crippen LogP contribution in [0.4, 0.5) is 0 Å². The molecule has 4 heterocycles. The van der Waals surface area contributed by atoms with Gasteiger partial charge in [0.2, 0.25) is 10.0 Å². The second-order valence-electron chi connectivity index (χ2n) is 6.94. The van der Waals surface area contributed by atoms with E-state index in [4.69, 9.17) is 0 Å². The Morgan fingerprint density at radius 1 is 1.15 bits per heavy atom. The lowest BCUT2D eigenvalue weighted by Gasteiger charge is -2.30. The Kier molecular flexibility index (Phi) is 4.92. The van der Waals surface area contributed by atoms with E-state index in [9.17, 15) is 8.42 Å². The Morgan fingerprint density at radius 3 is 2.74 bits per heavy atom. The minimum atomic E-state index is -3.18. The highest BCUT2D eigenvalue weighted by Crippen LogP contribution is 2.27. The van der Waals surface area contributed by atoms with Gasteiger partial charge in [-0.2, -0.15) is 5.10 Å². The van der Waals surface area contributed by atoms with Crippen LogP contribution in [0.1, 0.15) is 37.9 Å². The molecule has 142 valence electrons. The van der Waals surface area contributed by atoms with E-state index in [0.29, 0.717) is 19.5 Å². The van der Waals surface area contributed by atoms with Crippen molar-refractivity contribution in [1.82, 2.24) is 23.9 Å². The minimum absolute atomic E-state index is 0.0367. The molecule has 3 aromatic rings. The average Bonchev–Trinajstić information content (AvgIpc) is 3.12. The van der Waals surface area contributed by atoms with Crippen molar-refractivity contribution >= 4 is 15.7 Å². The van der Waals surface area contributed by atoms with Gasteiger partial charge >= 0.3 is 0 Å². The maximum Gasteiger partial charge on any atom is 0.214 e. The van der Waals surface area contributed by atoms with Crippen LogP contribution in [-0.4, -0.2) is 51.1 Å². The number of aromatic nitrogens is 4. The second kappa shape index (κ2) is 7.36. The summed E-state index contributed by atoms with van der Waals surface area (Å²) in [6, 6.07) is 7.87. The molecule has 0 spiro atoms. The van der Waals surface area contributed by atoms with E-state index in [0.717, 1.165) is 35.4 Å². The maximum absolute atomic E-state index is 12.4. The summed E-state index contributed by atoms with van der Waals surface area (Å²) in [6.45, 7) is 2.96. The number of rotatable bonds is 5. The fourth-order valence-electron chi connectivity index (χ4n) is 3.58. The van der Waals surface area contributed by atoms with E-state index in [1.54, 1.807) is 21.2 Å². The lowest BCUT2D eigenvalue weighted by atomic mass is 9.99. The molecule has 1 fully saturated rings. The number of piperidine rings is 1. The molecule has 1 unspecified atom stereocenters. The van der Waals surface area contributed by atoms with Gasteiger partial charge in [0.05, 0.1) is 5.75 Å². The van der Waals surface area contributed by atoms with Crippen molar-refractivity contribution in [2.75, 3.05) is 18.8 Å². The second-order valence-corrected chi connectivity index (χ2v) is 9.03. The summed E-state index contributed by atoms with van der Waals surface area (Å²) in [4.78, 5) is 8.70. The van der Waals surface area contributed by atoms with Gasteiger partial charge in [0.25, 0.3) is 0 Å². The largest absolute Gasteiger partial charge is 0.265 e. The topological polar surface area (TPSA) is 80.5 Å². The zero-order valence-corrected chi connectivity index (χ0v) is 16.1. The van der Waals surface area contributed by atoms with Gasteiger partial charge in [0.15, 0.2) is 11.5 Å². The van der Waals surface area contributed by atoms with Crippen LogP contribution in [0.5, 0.6) is 0 Å². The van der Waals surface area contributed by atoms with Crippen molar-refractivity contribution in [3.8, 4) is 11.1 Å². The normalized spacial score (nSPS) is 18.8. The lowest BCUT2D eigenvalue weighted by Crippen LogP contribution is -2.40. The molecule has 1 atom stereocenters. The summed E-state index contributed by atoms with van der Waals surface area (Å²) in [5.74, 6) is 0.959. The van der Waals surface area contributed by atoms with Gasteiger partial charge < -0.3 is 0 Å². The molecule has 3 aromatic heterocycles. The lowest BCUT2D eigenvalue weighted by molar-refractivity contribution is 0.309. The van der Waals surface area contributed by atoms with E-state index in [-0.39, 0.29) is 11.7 Å². The molecule has 0 N–H and O–H groups in total. The highest BCUT2D eigenvalue weighted by atomic mass is 32.2. The predicted molar refractivity (Wildman–Crippen MR) is 104 cm³/mol. The van der Waals surface area contributed by atoms with Crippen LogP contribution in [0.2, 0.25) is 0 Å². The first kappa shape index (κ1) is 18.1. The Labute approximate surface area is 159 Å². The average molecular weight is 385 g/mol. The van der Waals surface area contributed by atoms with E-state index in [1.807, 2.05) is 37.4 Å². The Morgan fingerprint density at radius 2 is 1.96 bits per heavy atom. The van der Waals surface area contributed by atoms with E-state index >= 15 is 0 Å². The first-order chi connectivity index (χ1) is 13.1. The molecular formula is C19H23N5O2S. The smallest absolute Gasteiger partial charge is 0.214 e. The molecule has 8 heteroatoms. The van der Waals surface area contributed by atoms with Crippen molar-refractivity contribution in [2.45, 2.75) is 32.1 Å². The van der Waals surface area contributed by atoms with Crippen molar-refractivity contribution in [2.24, 2.45) is 0 Å². The summed E-state index contributed by atoms with van der Waals surface area (Å²) in [5.41, 5.74) is 2.88. The van der Waals surface area contributed by atoms with Crippen molar-refractivity contribution in [1.29, 1.82) is 0 Å². The molecule has 0 radical (unpaired) electrons. The van der Waals surface area contributed by atoms with Gasteiger partial charge in [-0.05, 0) is 49.1 Å². The molecule has 27 heavy (non-hydrogen) atoms. The van der Waals surface area contributed by atoms with E-state index in [1.165, 1.54) is 0 Å². The number of hydrogen-bond donors (Lipinski definition) is 0. The van der Waals surface area contributed by atoms with Gasteiger partial charge in [-0.25, -0.2) is 22.2 Å². The predicted octanol–water partition coefficient (Wildman–Crippen LogP) is 2.71. The fraction of sp³-hybridized carbons (Fsp3) is 0.421. The first-order valence-electron chi connectivity index (χ1n) is 9.31. The zero-order valence-electron chi connectivity index (χ0n) is 15.3. The van der Waals surface area contributed by atoms with Crippen LogP contribution in [-0.2, 0) is 10.0 Å².